The quantitative estimate of drug-likeness (QED) is 0.534. The second-order valence-corrected chi connectivity index (χ2v) is 7.08. The van der Waals surface area contributed by atoms with Crippen LogP contribution in [-0.4, -0.2) is 24.6 Å². The van der Waals surface area contributed by atoms with E-state index in [-0.39, 0.29) is 24.1 Å². The Morgan fingerprint density at radius 2 is 1.62 bits per heavy atom. The fourth-order valence-corrected chi connectivity index (χ4v) is 2.88. The molecular formula is C24H21F3N2O3. The predicted octanol–water partition coefficient (Wildman–Crippen LogP) is 5.12. The Labute approximate surface area is 183 Å². The van der Waals surface area contributed by atoms with Crippen molar-refractivity contribution in [3.63, 3.8) is 0 Å². The molecule has 0 spiro atoms. The topological polar surface area (TPSA) is 67.4 Å². The first-order chi connectivity index (χ1) is 15.2. The number of nitrogens with one attached hydrogen (secondary N) is 2. The number of hydrogen-bond acceptors (Lipinski definition) is 3. The molecule has 0 aliphatic rings. The molecule has 0 saturated carbocycles. The number of halogens is 3. The molecule has 3 aromatic carbocycles. The second kappa shape index (κ2) is 10.00. The maximum absolute atomic E-state index is 12.6. The summed E-state index contributed by atoms with van der Waals surface area (Å²) in [6.07, 6.45) is -4.43. The van der Waals surface area contributed by atoms with Crippen LogP contribution in [0.25, 0.3) is 0 Å². The van der Waals surface area contributed by atoms with Gasteiger partial charge in [-0.25, -0.2) is 0 Å². The molecule has 32 heavy (non-hydrogen) atoms. The van der Waals surface area contributed by atoms with E-state index in [0.29, 0.717) is 22.4 Å². The highest BCUT2D eigenvalue weighted by Gasteiger charge is 2.28. The maximum atomic E-state index is 12.6. The van der Waals surface area contributed by atoms with Crippen molar-refractivity contribution in [3.05, 3.63) is 95.1 Å². The summed E-state index contributed by atoms with van der Waals surface area (Å²) in [7, 11) is 0. The Morgan fingerprint density at radius 1 is 0.875 bits per heavy atom. The van der Waals surface area contributed by atoms with Gasteiger partial charge in [0.15, 0.2) is 6.61 Å². The van der Waals surface area contributed by atoms with Crippen molar-refractivity contribution in [1.82, 2.24) is 5.32 Å². The summed E-state index contributed by atoms with van der Waals surface area (Å²) in [6, 6.07) is 19.7. The third kappa shape index (κ3) is 6.60. The summed E-state index contributed by atoms with van der Waals surface area (Å²) in [4.78, 5) is 25.0. The van der Waals surface area contributed by atoms with Gasteiger partial charge in [0.05, 0.1) is 0 Å². The molecule has 0 saturated heterocycles. The molecule has 0 atom stereocenters. The first-order valence-corrected chi connectivity index (χ1v) is 9.75. The van der Waals surface area contributed by atoms with Crippen LogP contribution in [0.15, 0.2) is 72.8 Å². The molecule has 3 rings (SSSR count). The van der Waals surface area contributed by atoms with Crippen LogP contribution in [0, 0.1) is 6.92 Å². The molecule has 0 aromatic heterocycles. The molecule has 0 aliphatic heterocycles. The first kappa shape index (κ1) is 22.9. The number of alkyl halides is 3. The van der Waals surface area contributed by atoms with Crippen LogP contribution in [0.5, 0.6) is 5.75 Å². The average Bonchev–Trinajstić information content (AvgIpc) is 2.78. The molecule has 2 N–H and O–H groups in total. The number of aryl methyl sites for hydroxylation is 1. The zero-order valence-electron chi connectivity index (χ0n) is 17.2. The highest BCUT2D eigenvalue weighted by atomic mass is 19.4. The van der Waals surface area contributed by atoms with Crippen LogP contribution in [-0.2, 0) is 6.54 Å². The zero-order valence-corrected chi connectivity index (χ0v) is 17.2. The van der Waals surface area contributed by atoms with Crippen molar-refractivity contribution in [1.29, 1.82) is 0 Å². The fourth-order valence-electron chi connectivity index (χ4n) is 2.88. The van der Waals surface area contributed by atoms with Gasteiger partial charge >= 0.3 is 6.18 Å². The van der Waals surface area contributed by atoms with Crippen molar-refractivity contribution in [2.75, 3.05) is 11.9 Å². The summed E-state index contributed by atoms with van der Waals surface area (Å²) in [5.74, 6) is -0.612. The van der Waals surface area contributed by atoms with Crippen LogP contribution in [0.1, 0.15) is 31.8 Å². The highest BCUT2D eigenvalue weighted by molar-refractivity contribution is 6.05. The summed E-state index contributed by atoms with van der Waals surface area (Å²) < 4.78 is 41.7. The van der Waals surface area contributed by atoms with Crippen LogP contribution in [0.3, 0.4) is 0 Å². The molecule has 0 aliphatic carbocycles. The summed E-state index contributed by atoms with van der Waals surface area (Å²) in [5.41, 5.74) is 2.72. The largest absolute Gasteiger partial charge is 0.484 e. The number of rotatable bonds is 7. The lowest BCUT2D eigenvalue weighted by Gasteiger charge is -2.12. The Balaban J connectivity index is 1.63. The minimum Gasteiger partial charge on any atom is -0.484 e. The Kier molecular flexibility index (Phi) is 7.14. The number of amides is 2. The normalized spacial score (nSPS) is 11.0. The van der Waals surface area contributed by atoms with Crippen LogP contribution in [0.2, 0.25) is 0 Å². The van der Waals surface area contributed by atoms with Crippen molar-refractivity contribution in [3.8, 4) is 5.75 Å². The van der Waals surface area contributed by atoms with Gasteiger partial charge < -0.3 is 15.4 Å². The Morgan fingerprint density at radius 3 is 2.34 bits per heavy atom. The minimum atomic E-state index is -4.43. The SMILES string of the molecule is Cc1ccc(C(=O)NCc2cccc(OCC(F)(F)F)c2)cc1NC(=O)c1ccccc1. The standard InChI is InChI=1S/C24H21F3N2O3/c1-16-10-11-19(13-21(16)29-23(31)18-7-3-2-4-8-18)22(30)28-14-17-6-5-9-20(12-17)32-15-24(25,26)27/h2-13H,14-15H2,1H3,(H,28,30)(H,29,31). The van der Waals surface area contributed by atoms with Gasteiger partial charge in [-0.3, -0.25) is 9.59 Å². The summed E-state index contributed by atoms with van der Waals surface area (Å²) >= 11 is 0. The number of carbonyl (C=O) groups excluding carboxylic acids is 2. The lowest BCUT2D eigenvalue weighted by atomic mass is 10.1. The van der Waals surface area contributed by atoms with E-state index in [4.69, 9.17) is 4.74 Å². The van der Waals surface area contributed by atoms with E-state index in [9.17, 15) is 22.8 Å². The third-order valence-electron chi connectivity index (χ3n) is 4.54. The molecule has 3 aromatic rings. The van der Waals surface area contributed by atoms with E-state index in [1.165, 1.54) is 12.1 Å². The molecule has 166 valence electrons. The maximum Gasteiger partial charge on any atom is 0.422 e. The van der Waals surface area contributed by atoms with Gasteiger partial charge in [0.1, 0.15) is 5.75 Å². The lowest BCUT2D eigenvalue weighted by molar-refractivity contribution is -0.153. The number of carbonyl (C=O) groups is 2. The van der Waals surface area contributed by atoms with Gasteiger partial charge in [0.25, 0.3) is 11.8 Å². The van der Waals surface area contributed by atoms with E-state index in [1.54, 1.807) is 54.6 Å². The minimum absolute atomic E-state index is 0.0651. The van der Waals surface area contributed by atoms with E-state index in [0.717, 1.165) is 5.56 Å². The molecule has 0 radical (unpaired) electrons. The second-order valence-electron chi connectivity index (χ2n) is 7.08. The smallest absolute Gasteiger partial charge is 0.422 e. The van der Waals surface area contributed by atoms with E-state index < -0.39 is 12.8 Å². The highest BCUT2D eigenvalue weighted by Crippen LogP contribution is 2.20. The number of ether oxygens (including phenoxy) is 1. The molecule has 0 heterocycles. The lowest BCUT2D eigenvalue weighted by Crippen LogP contribution is -2.23. The van der Waals surface area contributed by atoms with Crippen molar-refractivity contribution >= 4 is 17.5 Å². The van der Waals surface area contributed by atoms with Crippen LogP contribution in [0.4, 0.5) is 18.9 Å². The third-order valence-corrected chi connectivity index (χ3v) is 4.54. The van der Waals surface area contributed by atoms with Gasteiger partial charge in [-0.1, -0.05) is 36.4 Å². The monoisotopic (exact) mass is 442 g/mol. The molecular weight excluding hydrogens is 421 g/mol. The van der Waals surface area contributed by atoms with Gasteiger partial charge in [0.2, 0.25) is 0 Å². The zero-order chi connectivity index (χ0) is 23.1. The van der Waals surface area contributed by atoms with Crippen molar-refractivity contribution < 1.29 is 27.5 Å². The van der Waals surface area contributed by atoms with Gasteiger partial charge in [-0.05, 0) is 54.4 Å². The summed E-state index contributed by atoms with van der Waals surface area (Å²) in [5, 5.41) is 5.52. The van der Waals surface area contributed by atoms with Gasteiger partial charge in [-0.2, -0.15) is 13.2 Å². The molecule has 0 unspecified atom stereocenters. The molecule has 2 amide bonds. The van der Waals surface area contributed by atoms with Gasteiger partial charge in [0, 0.05) is 23.4 Å². The van der Waals surface area contributed by atoms with Crippen molar-refractivity contribution in [2.24, 2.45) is 0 Å². The number of hydrogen-bond donors (Lipinski definition) is 2. The van der Waals surface area contributed by atoms with E-state index in [1.807, 2.05) is 13.0 Å². The number of anilines is 1. The van der Waals surface area contributed by atoms with E-state index in [2.05, 4.69) is 10.6 Å². The predicted molar refractivity (Wildman–Crippen MR) is 115 cm³/mol. The number of benzene rings is 3. The average molecular weight is 442 g/mol. The van der Waals surface area contributed by atoms with Crippen LogP contribution < -0.4 is 15.4 Å². The van der Waals surface area contributed by atoms with Crippen molar-refractivity contribution in [2.45, 2.75) is 19.6 Å². The summed E-state index contributed by atoms with van der Waals surface area (Å²) in [6.45, 7) is 0.528. The molecule has 5 nitrogen and oxygen atoms in total. The van der Waals surface area contributed by atoms with Gasteiger partial charge in [-0.15, -0.1) is 0 Å². The fraction of sp³-hybridized carbons (Fsp3) is 0.167. The molecule has 0 fully saturated rings. The first-order valence-electron chi connectivity index (χ1n) is 9.75. The van der Waals surface area contributed by atoms with E-state index >= 15 is 0 Å². The Bertz CT molecular complexity index is 1100. The molecule has 8 heteroatoms. The van der Waals surface area contributed by atoms with Crippen LogP contribution >= 0.6 is 0 Å². The Hall–Kier alpha value is -3.81. The molecule has 0 bridgehead atoms.